The SMILES string of the molecule is C=CCOCC(NC(=O)C(C)Cc1ccc(OC)cc1)C(=O)O. The van der Waals surface area contributed by atoms with Gasteiger partial charge in [0.05, 0.1) is 20.3 Å². The third-order valence-electron chi connectivity index (χ3n) is 3.28. The van der Waals surface area contributed by atoms with Gasteiger partial charge >= 0.3 is 5.97 Å². The zero-order valence-electron chi connectivity index (χ0n) is 13.5. The van der Waals surface area contributed by atoms with Crippen molar-refractivity contribution < 1.29 is 24.2 Å². The van der Waals surface area contributed by atoms with E-state index < -0.39 is 12.0 Å². The molecule has 2 unspecified atom stereocenters. The van der Waals surface area contributed by atoms with Gasteiger partial charge in [0.2, 0.25) is 5.91 Å². The number of ether oxygens (including phenoxy) is 2. The van der Waals surface area contributed by atoms with Gasteiger partial charge in [-0.2, -0.15) is 0 Å². The Kier molecular flexibility index (Phi) is 7.83. The Morgan fingerprint density at radius 3 is 2.52 bits per heavy atom. The van der Waals surface area contributed by atoms with E-state index in [9.17, 15) is 9.59 Å². The summed E-state index contributed by atoms with van der Waals surface area (Å²) < 4.78 is 10.2. The molecule has 0 saturated heterocycles. The Hall–Kier alpha value is -2.34. The van der Waals surface area contributed by atoms with Crippen LogP contribution in [0, 0.1) is 5.92 Å². The van der Waals surface area contributed by atoms with E-state index in [0.29, 0.717) is 6.42 Å². The van der Waals surface area contributed by atoms with Crippen LogP contribution in [-0.4, -0.2) is 43.3 Å². The third kappa shape index (κ3) is 6.52. The van der Waals surface area contributed by atoms with Crippen molar-refractivity contribution in [2.24, 2.45) is 5.92 Å². The van der Waals surface area contributed by atoms with Gasteiger partial charge in [0.1, 0.15) is 5.75 Å². The average Bonchev–Trinajstić information content (AvgIpc) is 2.54. The molecule has 0 aliphatic rings. The summed E-state index contributed by atoms with van der Waals surface area (Å²) in [5.41, 5.74) is 0.975. The number of hydrogen-bond donors (Lipinski definition) is 2. The Morgan fingerprint density at radius 1 is 1.35 bits per heavy atom. The lowest BCUT2D eigenvalue weighted by molar-refractivity contribution is -0.144. The predicted octanol–water partition coefficient (Wildman–Crippen LogP) is 1.65. The second-order valence-corrected chi connectivity index (χ2v) is 5.18. The molecule has 0 saturated carbocycles. The molecule has 0 bridgehead atoms. The summed E-state index contributed by atoms with van der Waals surface area (Å²) >= 11 is 0. The highest BCUT2D eigenvalue weighted by Gasteiger charge is 2.23. The van der Waals surface area contributed by atoms with Crippen molar-refractivity contribution in [3.05, 3.63) is 42.5 Å². The number of benzene rings is 1. The molecule has 6 nitrogen and oxygen atoms in total. The molecule has 0 aromatic heterocycles. The minimum Gasteiger partial charge on any atom is -0.497 e. The maximum Gasteiger partial charge on any atom is 0.328 e. The van der Waals surface area contributed by atoms with Gasteiger partial charge in [-0.3, -0.25) is 4.79 Å². The first-order valence-corrected chi connectivity index (χ1v) is 7.32. The van der Waals surface area contributed by atoms with Crippen molar-refractivity contribution in [1.82, 2.24) is 5.32 Å². The van der Waals surface area contributed by atoms with Gasteiger partial charge in [0.25, 0.3) is 0 Å². The molecule has 1 aromatic carbocycles. The second-order valence-electron chi connectivity index (χ2n) is 5.18. The first kappa shape index (κ1) is 18.7. The highest BCUT2D eigenvalue weighted by Crippen LogP contribution is 2.14. The lowest BCUT2D eigenvalue weighted by atomic mass is 10.00. The van der Waals surface area contributed by atoms with Crippen LogP contribution >= 0.6 is 0 Å². The smallest absolute Gasteiger partial charge is 0.328 e. The number of methoxy groups -OCH3 is 1. The number of hydrogen-bond acceptors (Lipinski definition) is 4. The number of carboxylic acid groups (broad SMARTS) is 1. The molecule has 1 aromatic rings. The van der Waals surface area contributed by atoms with Crippen LogP contribution in [0.2, 0.25) is 0 Å². The lowest BCUT2D eigenvalue weighted by Crippen LogP contribution is -2.46. The van der Waals surface area contributed by atoms with Crippen molar-refractivity contribution in [2.45, 2.75) is 19.4 Å². The quantitative estimate of drug-likeness (QED) is 0.505. The van der Waals surface area contributed by atoms with Crippen LogP contribution in [0.4, 0.5) is 0 Å². The van der Waals surface area contributed by atoms with Crippen LogP contribution in [0.15, 0.2) is 36.9 Å². The molecular weight excluding hydrogens is 298 g/mol. The van der Waals surface area contributed by atoms with E-state index in [1.54, 1.807) is 14.0 Å². The second kappa shape index (κ2) is 9.63. The molecule has 126 valence electrons. The molecule has 0 radical (unpaired) electrons. The van der Waals surface area contributed by atoms with Gasteiger partial charge < -0.3 is 19.9 Å². The number of carboxylic acids is 1. The zero-order chi connectivity index (χ0) is 17.2. The van der Waals surface area contributed by atoms with Crippen molar-refractivity contribution in [1.29, 1.82) is 0 Å². The molecule has 0 aliphatic carbocycles. The fourth-order valence-corrected chi connectivity index (χ4v) is 1.97. The van der Waals surface area contributed by atoms with Crippen molar-refractivity contribution >= 4 is 11.9 Å². The maximum absolute atomic E-state index is 12.1. The number of rotatable bonds is 10. The van der Waals surface area contributed by atoms with Gasteiger partial charge in [0.15, 0.2) is 6.04 Å². The summed E-state index contributed by atoms with van der Waals surface area (Å²) in [7, 11) is 1.59. The summed E-state index contributed by atoms with van der Waals surface area (Å²) in [6, 6.07) is 6.34. The molecule has 23 heavy (non-hydrogen) atoms. The van der Waals surface area contributed by atoms with Crippen molar-refractivity contribution in [3.63, 3.8) is 0 Å². The van der Waals surface area contributed by atoms with Gasteiger partial charge in [-0.15, -0.1) is 6.58 Å². The minimum atomic E-state index is -1.13. The number of carbonyl (C=O) groups excluding carboxylic acids is 1. The van der Waals surface area contributed by atoms with Gasteiger partial charge in [0, 0.05) is 5.92 Å². The van der Waals surface area contributed by atoms with E-state index in [1.807, 2.05) is 24.3 Å². The fraction of sp³-hybridized carbons (Fsp3) is 0.412. The van der Waals surface area contributed by atoms with Crippen molar-refractivity contribution in [3.8, 4) is 5.75 Å². The first-order valence-electron chi connectivity index (χ1n) is 7.32. The van der Waals surface area contributed by atoms with Crippen molar-refractivity contribution in [2.75, 3.05) is 20.3 Å². The van der Waals surface area contributed by atoms with E-state index in [-0.39, 0.29) is 25.0 Å². The normalized spacial score (nSPS) is 13.0. The molecule has 2 atom stereocenters. The summed E-state index contributed by atoms with van der Waals surface area (Å²) in [6.45, 7) is 5.38. The van der Waals surface area contributed by atoms with E-state index in [1.165, 1.54) is 6.08 Å². The lowest BCUT2D eigenvalue weighted by Gasteiger charge is -2.18. The standard InChI is InChI=1S/C17H23NO5/c1-4-9-23-11-15(17(20)21)18-16(19)12(2)10-13-5-7-14(22-3)8-6-13/h4-8,12,15H,1,9-11H2,2-3H3,(H,18,19)(H,20,21). The van der Waals surface area contributed by atoms with Crippen LogP contribution < -0.4 is 10.1 Å². The van der Waals surface area contributed by atoms with E-state index >= 15 is 0 Å². The fourth-order valence-electron chi connectivity index (χ4n) is 1.97. The highest BCUT2D eigenvalue weighted by atomic mass is 16.5. The number of nitrogens with one attached hydrogen (secondary N) is 1. The van der Waals surface area contributed by atoms with E-state index in [2.05, 4.69) is 11.9 Å². The molecule has 0 aliphatic heterocycles. The summed E-state index contributed by atoms with van der Waals surface area (Å²) in [6.07, 6.45) is 2.03. The highest BCUT2D eigenvalue weighted by molar-refractivity contribution is 5.85. The van der Waals surface area contributed by atoms with Crippen LogP contribution in [0.1, 0.15) is 12.5 Å². The third-order valence-corrected chi connectivity index (χ3v) is 3.28. The molecule has 1 rings (SSSR count). The Bertz CT molecular complexity index is 526. The van der Waals surface area contributed by atoms with Gasteiger partial charge in [-0.1, -0.05) is 25.1 Å². The monoisotopic (exact) mass is 321 g/mol. The molecule has 1 amide bonds. The zero-order valence-corrected chi connectivity index (χ0v) is 13.5. The Labute approximate surface area is 136 Å². The number of aliphatic carboxylic acids is 1. The van der Waals surface area contributed by atoms with E-state index in [0.717, 1.165) is 11.3 Å². The van der Waals surface area contributed by atoms with Crippen LogP contribution in [0.25, 0.3) is 0 Å². The first-order chi connectivity index (χ1) is 11.0. The summed E-state index contributed by atoms with van der Waals surface area (Å²) in [4.78, 5) is 23.3. The number of carbonyl (C=O) groups is 2. The molecule has 2 N–H and O–H groups in total. The predicted molar refractivity (Wildman–Crippen MR) is 86.4 cm³/mol. The minimum absolute atomic E-state index is 0.0949. The van der Waals surface area contributed by atoms with Crippen LogP contribution in [-0.2, 0) is 20.7 Å². The maximum atomic E-state index is 12.1. The summed E-state index contributed by atoms with van der Waals surface area (Å²) in [5, 5.41) is 11.6. The summed E-state index contributed by atoms with van der Waals surface area (Å²) in [5.74, 6) is -1.06. The molecule has 0 fully saturated rings. The van der Waals surface area contributed by atoms with Gasteiger partial charge in [-0.05, 0) is 24.1 Å². The molecular formula is C17H23NO5. The number of amides is 1. The molecule has 0 spiro atoms. The van der Waals surface area contributed by atoms with Crippen LogP contribution in [0.3, 0.4) is 0 Å². The van der Waals surface area contributed by atoms with Crippen LogP contribution in [0.5, 0.6) is 5.75 Å². The topological polar surface area (TPSA) is 84.9 Å². The Balaban J connectivity index is 2.55. The molecule has 0 heterocycles. The van der Waals surface area contributed by atoms with Gasteiger partial charge in [-0.25, -0.2) is 4.79 Å². The molecule has 6 heteroatoms. The largest absolute Gasteiger partial charge is 0.497 e. The average molecular weight is 321 g/mol. The van der Waals surface area contributed by atoms with E-state index in [4.69, 9.17) is 14.6 Å². The Morgan fingerprint density at radius 2 is 2.00 bits per heavy atom.